The molecule has 18 heteroatoms. The lowest BCUT2D eigenvalue weighted by molar-refractivity contribution is -0.304. The van der Waals surface area contributed by atoms with E-state index in [0.717, 1.165) is 84.7 Å². The van der Waals surface area contributed by atoms with Crippen LogP contribution in [0.5, 0.6) is 0 Å². The highest BCUT2D eigenvalue weighted by molar-refractivity contribution is 5.92. The van der Waals surface area contributed by atoms with E-state index in [-0.39, 0.29) is 30.8 Å². The van der Waals surface area contributed by atoms with E-state index in [1.54, 1.807) is 14.2 Å². The Kier molecular flexibility index (Phi) is 20.7. The lowest BCUT2D eigenvalue weighted by Crippen LogP contribution is -2.59. The van der Waals surface area contributed by atoms with Crippen molar-refractivity contribution in [3.05, 3.63) is 69.3 Å². The zero-order valence-corrected chi connectivity index (χ0v) is 41.7. The topological polar surface area (TPSA) is 232 Å². The number of aromatic amines is 2. The summed E-state index contributed by atoms with van der Waals surface area (Å²) < 4.78 is 44.8. The monoisotopic (exact) mass is 966 g/mol. The van der Waals surface area contributed by atoms with Gasteiger partial charge in [-0.25, -0.2) is 4.98 Å². The fourth-order valence-corrected chi connectivity index (χ4v) is 9.08. The van der Waals surface area contributed by atoms with E-state index in [1.807, 2.05) is 17.9 Å². The van der Waals surface area contributed by atoms with Crippen LogP contribution >= 0.6 is 0 Å². The number of allylic oxidation sites excluding steroid dienone is 2. The van der Waals surface area contributed by atoms with Gasteiger partial charge in [0, 0.05) is 84.6 Å². The van der Waals surface area contributed by atoms with Crippen molar-refractivity contribution in [3.8, 4) is 0 Å². The van der Waals surface area contributed by atoms with Crippen molar-refractivity contribution in [2.75, 3.05) is 100.0 Å². The van der Waals surface area contributed by atoms with Crippen LogP contribution in [0.25, 0.3) is 33.2 Å². The Labute approximate surface area is 405 Å². The Morgan fingerprint density at radius 3 is 1.94 bits per heavy atom. The summed E-state index contributed by atoms with van der Waals surface area (Å²) >= 11 is 0. The first-order chi connectivity index (χ1) is 33.3. The molecule has 8 bridgehead atoms. The number of aromatic nitrogens is 4. The number of ether oxygens (including phenoxy) is 8. The molecule has 3 aliphatic rings. The predicted molar refractivity (Wildman–Crippen MR) is 261 cm³/mol. The highest BCUT2D eigenvalue weighted by atomic mass is 16.7. The highest BCUT2D eigenvalue weighted by Crippen LogP contribution is 2.42. The van der Waals surface area contributed by atoms with Crippen LogP contribution < -0.4 is 0 Å². The molecule has 1 amide bonds. The van der Waals surface area contributed by atoms with Crippen LogP contribution in [0.15, 0.2) is 24.3 Å². The molecule has 0 unspecified atom stereocenters. The molecule has 3 aromatic heterocycles. The van der Waals surface area contributed by atoms with Gasteiger partial charge >= 0.3 is 0 Å². The molecule has 6 heterocycles. The fraction of sp³-hybridized carbons (Fsp3) is 0.627. The van der Waals surface area contributed by atoms with Crippen molar-refractivity contribution >= 4 is 39.1 Å². The summed E-state index contributed by atoms with van der Waals surface area (Å²) in [7, 11) is 3.26. The lowest BCUT2D eigenvalue weighted by atomic mass is 9.86. The molecule has 3 aliphatic heterocycles. The number of carbonyl (C=O) groups excluding carboxylic acids is 1. The van der Waals surface area contributed by atoms with Crippen molar-refractivity contribution in [2.45, 2.75) is 110 Å². The van der Waals surface area contributed by atoms with Crippen molar-refractivity contribution in [1.29, 1.82) is 0 Å². The van der Waals surface area contributed by atoms with Crippen LogP contribution in [-0.2, 0) is 49.3 Å². The molecule has 382 valence electrons. The average molecular weight is 966 g/mol. The van der Waals surface area contributed by atoms with Crippen LogP contribution in [0.1, 0.15) is 96.9 Å². The van der Waals surface area contributed by atoms with Crippen LogP contribution in [0.3, 0.4) is 0 Å². The number of nitrogens with zero attached hydrogens (tertiary/aromatic N) is 3. The van der Waals surface area contributed by atoms with Crippen LogP contribution in [0.4, 0.5) is 0 Å². The fourth-order valence-electron chi connectivity index (χ4n) is 9.08. The third kappa shape index (κ3) is 13.6. The number of aryl methyl sites for hydroxylation is 3. The van der Waals surface area contributed by atoms with Crippen LogP contribution in [-0.4, -0.2) is 182 Å². The van der Waals surface area contributed by atoms with Gasteiger partial charge in [0.25, 0.3) is 0 Å². The molecule has 0 saturated carbocycles. The van der Waals surface area contributed by atoms with Gasteiger partial charge in [0.2, 0.25) is 5.91 Å². The number of hydrogen-bond donors (Lipinski definition) is 6. The van der Waals surface area contributed by atoms with Gasteiger partial charge in [-0.2, -0.15) is 0 Å². The maximum absolute atomic E-state index is 14.2. The van der Waals surface area contributed by atoms with Crippen molar-refractivity contribution in [2.24, 2.45) is 0 Å². The second-order valence-electron chi connectivity index (χ2n) is 17.9. The third-order valence-electron chi connectivity index (χ3n) is 13.4. The SMILES string of the molecule is CCC1=C(C)c2cc3[nH]c(cc4nc(c(C)c5cc(C)c(cc1n2)[nH]5)[C@@H](CCC(=O)N(CCOCCOCCOC)CCOCCOCCOC)[C@@H]4C)c(C)c3CO[C@@H]1O[C@H](CO)[C@@H](O)[C@H](O)[C@H]1O. The summed E-state index contributed by atoms with van der Waals surface area (Å²) in [4.78, 5) is 33.8. The number of carbonyl (C=O) groups is 1. The molecular formula is C51H75N5O13. The summed E-state index contributed by atoms with van der Waals surface area (Å²) in [5.74, 6) is -0.178. The quantitative estimate of drug-likeness (QED) is 0.0596. The minimum atomic E-state index is -1.57. The molecule has 0 spiro atoms. The minimum absolute atomic E-state index is 0.00430. The lowest BCUT2D eigenvalue weighted by Gasteiger charge is -2.39. The summed E-state index contributed by atoms with van der Waals surface area (Å²) in [6.07, 6.45) is -5.46. The zero-order valence-electron chi connectivity index (χ0n) is 41.7. The molecule has 6 N–H and O–H groups in total. The maximum Gasteiger partial charge on any atom is 0.222 e. The molecule has 7 atom stereocenters. The van der Waals surface area contributed by atoms with E-state index in [1.165, 1.54) is 0 Å². The average Bonchev–Trinajstić information content (AvgIpc) is 4.05. The van der Waals surface area contributed by atoms with Crippen molar-refractivity contribution < 1.29 is 63.1 Å². The summed E-state index contributed by atoms with van der Waals surface area (Å²) in [5, 5.41) is 41.6. The number of rotatable bonds is 26. The maximum atomic E-state index is 14.2. The van der Waals surface area contributed by atoms with E-state index in [2.05, 4.69) is 62.8 Å². The second-order valence-corrected chi connectivity index (χ2v) is 17.9. The molecule has 0 aromatic carbocycles. The number of hydrogen-bond acceptors (Lipinski definition) is 15. The first-order valence-corrected chi connectivity index (χ1v) is 24.2. The second kappa shape index (κ2) is 26.3. The van der Waals surface area contributed by atoms with Gasteiger partial charge in [0.15, 0.2) is 6.29 Å². The molecule has 69 heavy (non-hydrogen) atoms. The number of aliphatic hydroxyl groups excluding tert-OH is 4. The van der Waals surface area contributed by atoms with Gasteiger partial charge in [-0.3, -0.25) is 9.78 Å². The Bertz CT molecular complexity index is 2330. The highest BCUT2D eigenvalue weighted by Gasteiger charge is 2.44. The van der Waals surface area contributed by atoms with E-state index in [0.29, 0.717) is 85.6 Å². The molecule has 6 rings (SSSR count). The molecule has 3 aromatic rings. The van der Waals surface area contributed by atoms with Gasteiger partial charge in [-0.05, 0) is 92.6 Å². The summed E-state index contributed by atoms with van der Waals surface area (Å²) in [6, 6.07) is 8.31. The number of H-pyrrole nitrogens is 2. The Morgan fingerprint density at radius 2 is 1.32 bits per heavy atom. The molecule has 18 nitrogen and oxygen atoms in total. The Morgan fingerprint density at radius 1 is 0.725 bits per heavy atom. The van der Waals surface area contributed by atoms with Gasteiger partial charge in [-0.15, -0.1) is 0 Å². The standard InChI is InChI=1S/C51H75N5O13/c1-9-35-31(3)41-27-44-37(29-68-51-50(61)49(60)48(59)45(28-57)69-51)33(5)40(54-44)26-42-32(4)36(47(55-42)34(6)39-24-30(2)38(52-39)25-43(35)53-41)10-11-46(58)56(12-14-64-20-22-66-18-16-62-7)13-15-65-21-23-67-19-17-63-8/h24-27,32,36,45,48-52,54,57,59-61H,9-23,28-29H2,1-8H3/t32-,36-,45+,48+,49-,50+,51+/m0/s1. The largest absolute Gasteiger partial charge is 0.394 e. The summed E-state index contributed by atoms with van der Waals surface area (Å²) in [6.45, 7) is 17.0. The Hall–Kier alpha value is -4.15. The van der Waals surface area contributed by atoms with Crippen molar-refractivity contribution in [3.63, 3.8) is 0 Å². The number of nitrogens with one attached hydrogen (secondary N) is 2. The predicted octanol–water partition coefficient (Wildman–Crippen LogP) is 4.75. The number of fused-ring (bicyclic) bond motifs is 8. The molecule has 0 radical (unpaired) electrons. The Balaban J connectivity index is 1.33. The first kappa shape index (κ1) is 54.2. The molecular weight excluding hydrogens is 891 g/mol. The van der Waals surface area contributed by atoms with Gasteiger partial charge < -0.3 is 73.2 Å². The van der Waals surface area contributed by atoms with Crippen LogP contribution in [0, 0.1) is 20.8 Å². The zero-order chi connectivity index (χ0) is 49.6. The van der Waals surface area contributed by atoms with E-state index < -0.39 is 37.3 Å². The van der Waals surface area contributed by atoms with Crippen LogP contribution in [0.2, 0.25) is 0 Å². The minimum Gasteiger partial charge on any atom is -0.394 e. The van der Waals surface area contributed by atoms with Gasteiger partial charge in [-0.1, -0.05) is 13.8 Å². The number of methoxy groups -OCH3 is 2. The summed E-state index contributed by atoms with van der Waals surface area (Å²) in [5.41, 5.74) is 12.7. The molecule has 0 aliphatic carbocycles. The molecule has 1 saturated heterocycles. The van der Waals surface area contributed by atoms with Crippen molar-refractivity contribution in [1.82, 2.24) is 24.8 Å². The molecule has 1 fully saturated rings. The first-order valence-electron chi connectivity index (χ1n) is 24.2. The number of amides is 1. The number of aliphatic hydroxyl groups is 4. The van der Waals surface area contributed by atoms with E-state index in [9.17, 15) is 25.2 Å². The van der Waals surface area contributed by atoms with E-state index in [4.69, 9.17) is 47.9 Å². The van der Waals surface area contributed by atoms with E-state index >= 15 is 0 Å². The smallest absolute Gasteiger partial charge is 0.222 e. The van der Waals surface area contributed by atoms with Gasteiger partial charge in [0.05, 0.1) is 90.7 Å². The normalized spacial score (nSPS) is 21.7. The third-order valence-corrected chi connectivity index (χ3v) is 13.4. The van der Waals surface area contributed by atoms with Gasteiger partial charge in [0.1, 0.15) is 24.4 Å².